The molecular formula is C29H45NO8. The van der Waals surface area contributed by atoms with Crippen molar-refractivity contribution in [2.75, 3.05) is 6.61 Å². The van der Waals surface area contributed by atoms with Crippen LogP contribution in [0, 0.1) is 17.8 Å². The van der Waals surface area contributed by atoms with E-state index in [1.165, 1.54) is 6.07 Å². The van der Waals surface area contributed by atoms with Gasteiger partial charge in [-0.05, 0) is 49.8 Å². The van der Waals surface area contributed by atoms with Crippen molar-refractivity contribution in [1.29, 1.82) is 0 Å². The van der Waals surface area contributed by atoms with Gasteiger partial charge in [-0.1, -0.05) is 60.5 Å². The van der Waals surface area contributed by atoms with E-state index in [1.807, 2.05) is 27.7 Å². The molecule has 0 heterocycles. The van der Waals surface area contributed by atoms with E-state index in [0.717, 1.165) is 12.8 Å². The van der Waals surface area contributed by atoms with E-state index < -0.39 is 30.1 Å². The maximum Gasteiger partial charge on any atom is 0.323 e. The number of carbonyl (C=O) groups excluding carboxylic acids is 4. The third-order valence-corrected chi connectivity index (χ3v) is 5.81. The first-order chi connectivity index (χ1) is 17.9. The molecule has 0 amide bonds. The molecule has 0 aliphatic heterocycles. The first-order valence-corrected chi connectivity index (χ1v) is 13.6. The van der Waals surface area contributed by atoms with Crippen LogP contribution in [0.3, 0.4) is 0 Å². The number of rotatable bonds is 16. The molecule has 1 aromatic rings. The fraction of sp³-hybridized carbons (Fsp3) is 0.655. The quantitative estimate of drug-likeness (QED) is 0.235. The van der Waals surface area contributed by atoms with Crippen LogP contribution in [0.2, 0.25) is 0 Å². The average Bonchev–Trinajstić information content (AvgIpc) is 2.84. The minimum Gasteiger partial charge on any atom is -0.462 e. The highest BCUT2D eigenvalue weighted by Gasteiger charge is 2.23. The predicted octanol–water partition coefficient (Wildman–Crippen LogP) is 4.76. The molecule has 0 saturated heterocycles. The molecule has 0 aromatic heterocycles. The largest absolute Gasteiger partial charge is 0.462 e. The molecule has 0 bridgehead atoms. The summed E-state index contributed by atoms with van der Waals surface area (Å²) in [5.41, 5.74) is 6.67. The second kappa shape index (κ2) is 16.8. The number of carbonyl (C=O) groups is 4. The minimum absolute atomic E-state index is 0.0590. The first-order valence-electron chi connectivity index (χ1n) is 13.6. The molecule has 1 aromatic carbocycles. The Bertz CT molecular complexity index is 929. The smallest absolute Gasteiger partial charge is 0.323 e. The number of hydrogen-bond donors (Lipinski definition) is 1. The highest BCUT2D eigenvalue weighted by Crippen LogP contribution is 2.31. The Labute approximate surface area is 226 Å². The van der Waals surface area contributed by atoms with Crippen molar-refractivity contribution < 1.29 is 38.1 Å². The third kappa shape index (κ3) is 12.1. The lowest BCUT2D eigenvalue weighted by atomic mass is 10.0. The zero-order valence-electron chi connectivity index (χ0n) is 23.9. The van der Waals surface area contributed by atoms with Gasteiger partial charge in [-0.3, -0.25) is 19.2 Å². The summed E-state index contributed by atoms with van der Waals surface area (Å²) in [6.45, 7) is 12.9. The molecule has 0 fully saturated rings. The van der Waals surface area contributed by atoms with Crippen LogP contribution in [0.4, 0.5) is 0 Å². The van der Waals surface area contributed by atoms with E-state index in [1.54, 1.807) is 32.9 Å². The van der Waals surface area contributed by atoms with E-state index in [4.69, 9.17) is 24.7 Å². The van der Waals surface area contributed by atoms with Crippen LogP contribution in [0.15, 0.2) is 18.2 Å². The van der Waals surface area contributed by atoms with Crippen molar-refractivity contribution in [3.63, 3.8) is 0 Å². The molecule has 1 rings (SSSR count). The molecule has 0 aliphatic carbocycles. The third-order valence-electron chi connectivity index (χ3n) is 5.81. The number of ether oxygens (including phenoxy) is 4. The van der Waals surface area contributed by atoms with Gasteiger partial charge in [0.1, 0.15) is 18.8 Å². The van der Waals surface area contributed by atoms with Gasteiger partial charge in [-0.15, -0.1) is 0 Å². The molecule has 214 valence electrons. The molecule has 9 nitrogen and oxygen atoms in total. The monoisotopic (exact) mass is 535 g/mol. The highest BCUT2D eigenvalue weighted by molar-refractivity contribution is 5.79. The Morgan fingerprint density at radius 2 is 1.37 bits per heavy atom. The van der Waals surface area contributed by atoms with Crippen LogP contribution < -0.4 is 15.2 Å². The Morgan fingerprint density at radius 1 is 0.816 bits per heavy atom. The Hall–Kier alpha value is -2.94. The van der Waals surface area contributed by atoms with Crippen molar-refractivity contribution in [2.24, 2.45) is 23.5 Å². The second-order valence-electron chi connectivity index (χ2n) is 10.3. The van der Waals surface area contributed by atoms with Gasteiger partial charge in [0, 0.05) is 6.42 Å². The number of hydrogen-bond acceptors (Lipinski definition) is 9. The van der Waals surface area contributed by atoms with E-state index in [2.05, 4.69) is 0 Å². The molecular weight excluding hydrogens is 490 g/mol. The first kappa shape index (κ1) is 33.1. The minimum atomic E-state index is -1.01. The van der Waals surface area contributed by atoms with Crippen LogP contribution in [-0.2, 0) is 35.1 Å². The van der Waals surface area contributed by atoms with Crippen LogP contribution in [-0.4, -0.2) is 42.6 Å². The maximum absolute atomic E-state index is 12.6. The fourth-order valence-corrected chi connectivity index (χ4v) is 3.62. The number of esters is 4. The van der Waals surface area contributed by atoms with E-state index in [9.17, 15) is 19.2 Å². The number of benzene rings is 1. The highest BCUT2D eigenvalue weighted by atomic mass is 16.6. The van der Waals surface area contributed by atoms with Gasteiger partial charge in [0.25, 0.3) is 0 Å². The van der Waals surface area contributed by atoms with Gasteiger partial charge in [0.05, 0.1) is 11.8 Å². The maximum atomic E-state index is 12.6. The van der Waals surface area contributed by atoms with E-state index >= 15 is 0 Å². The lowest BCUT2D eigenvalue weighted by Gasteiger charge is -2.18. The van der Waals surface area contributed by atoms with Crippen molar-refractivity contribution in [1.82, 2.24) is 0 Å². The second-order valence-corrected chi connectivity index (χ2v) is 10.3. The Morgan fingerprint density at radius 3 is 1.89 bits per heavy atom. The zero-order valence-corrected chi connectivity index (χ0v) is 23.9. The van der Waals surface area contributed by atoms with Crippen LogP contribution in [0.5, 0.6) is 11.5 Å². The summed E-state index contributed by atoms with van der Waals surface area (Å²) in [4.78, 5) is 49.3. The van der Waals surface area contributed by atoms with Gasteiger partial charge in [-0.25, -0.2) is 0 Å². The van der Waals surface area contributed by atoms with Crippen LogP contribution in [0.25, 0.3) is 0 Å². The van der Waals surface area contributed by atoms with Gasteiger partial charge < -0.3 is 24.7 Å². The molecule has 2 unspecified atom stereocenters. The van der Waals surface area contributed by atoms with Crippen molar-refractivity contribution >= 4 is 23.9 Å². The SMILES string of the molecule is CCCC(C)C(=O)Oc1ccc(C[C@H](N)C(=O)O[C@@H](C)COC(=O)CC(C)C)cc1OC(=O)C(C)CCC. The Balaban J connectivity index is 2.93. The molecule has 0 aliphatic rings. The standard InChI is InChI=1S/C29H45NO8/c1-8-10-19(5)27(32)37-24-13-12-22(16-25(24)38-28(33)20(6)11-9-2)15-23(30)29(34)36-21(7)17-35-26(31)14-18(3)4/h12-13,16,18-21,23H,8-11,14-15,17,30H2,1-7H3/t19?,20?,21-,23-/m0/s1. The summed E-state index contributed by atoms with van der Waals surface area (Å²) < 4.78 is 21.6. The summed E-state index contributed by atoms with van der Waals surface area (Å²) in [5, 5.41) is 0. The van der Waals surface area contributed by atoms with Gasteiger partial charge in [0.15, 0.2) is 11.5 Å². The van der Waals surface area contributed by atoms with E-state index in [0.29, 0.717) is 18.4 Å². The molecule has 0 radical (unpaired) electrons. The van der Waals surface area contributed by atoms with Crippen LogP contribution >= 0.6 is 0 Å². The van der Waals surface area contributed by atoms with Gasteiger partial charge >= 0.3 is 23.9 Å². The summed E-state index contributed by atoms with van der Waals surface area (Å²) >= 11 is 0. The topological polar surface area (TPSA) is 131 Å². The molecule has 2 N–H and O–H groups in total. The van der Waals surface area contributed by atoms with Crippen molar-refractivity contribution in [3.05, 3.63) is 23.8 Å². The van der Waals surface area contributed by atoms with Crippen molar-refractivity contribution in [3.8, 4) is 11.5 Å². The summed E-state index contributed by atoms with van der Waals surface area (Å²) in [7, 11) is 0. The Kier molecular flexibility index (Phi) is 14.6. The number of nitrogens with two attached hydrogens (primary N) is 1. The average molecular weight is 536 g/mol. The van der Waals surface area contributed by atoms with Gasteiger partial charge in [-0.2, -0.15) is 0 Å². The summed E-state index contributed by atoms with van der Waals surface area (Å²) in [6, 6.07) is 3.73. The molecule has 0 saturated carbocycles. The summed E-state index contributed by atoms with van der Waals surface area (Å²) in [5.74, 6) is -2.11. The molecule has 4 atom stereocenters. The predicted molar refractivity (Wildman–Crippen MR) is 144 cm³/mol. The molecule has 9 heteroatoms. The molecule has 38 heavy (non-hydrogen) atoms. The lowest BCUT2D eigenvalue weighted by Crippen LogP contribution is -2.37. The van der Waals surface area contributed by atoms with Gasteiger partial charge in [0.2, 0.25) is 0 Å². The lowest BCUT2D eigenvalue weighted by molar-refractivity contribution is -0.159. The van der Waals surface area contributed by atoms with E-state index in [-0.39, 0.29) is 54.7 Å². The van der Waals surface area contributed by atoms with Crippen LogP contribution in [0.1, 0.15) is 86.1 Å². The zero-order chi connectivity index (χ0) is 28.8. The molecule has 0 spiro atoms. The summed E-state index contributed by atoms with van der Waals surface area (Å²) in [6.07, 6.45) is 2.70. The normalized spacial score (nSPS) is 14.2. The van der Waals surface area contributed by atoms with Crippen molar-refractivity contribution in [2.45, 2.75) is 99.1 Å². The fourth-order valence-electron chi connectivity index (χ4n) is 3.62.